The minimum absolute atomic E-state index is 0.0624. The molecule has 5 heteroatoms. The van der Waals surface area contributed by atoms with Crippen LogP contribution in [-0.4, -0.2) is 30.5 Å². The predicted octanol–water partition coefficient (Wildman–Crippen LogP) is 1.66. The van der Waals surface area contributed by atoms with E-state index in [4.69, 9.17) is 10.5 Å². The van der Waals surface area contributed by atoms with E-state index in [0.717, 1.165) is 0 Å². The Morgan fingerprint density at radius 3 is 2.59 bits per heavy atom. The van der Waals surface area contributed by atoms with Crippen molar-refractivity contribution >= 4 is 11.6 Å². The summed E-state index contributed by atoms with van der Waals surface area (Å²) < 4.78 is 18.3. The number of carbonyl (C=O) groups excluding carboxylic acids is 1. The van der Waals surface area contributed by atoms with Crippen LogP contribution in [0.15, 0.2) is 18.2 Å². The van der Waals surface area contributed by atoms with E-state index in [2.05, 4.69) is 0 Å². The van der Waals surface area contributed by atoms with E-state index in [1.165, 1.54) is 18.2 Å². The molecule has 0 aliphatic rings. The summed E-state index contributed by atoms with van der Waals surface area (Å²) in [5.74, 6) is -0.359. The van der Waals surface area contributed by atoms with E-state index >= 15 is 0 Å². The first-order chi connectivity index (χ1) is 8.08. The number of benzene rings is 1. The number of rotatable bonds is 5. The molecule has 1 amide bonds. The third-order valence-electron chi connectivity index (χ3n) is 2.45. The van der Waals surface area contributed by atoms with Gasteiger partial charge in [-0.1, -0.05) is 0 Å². The molecule has 0 unspecified atom stereocenters. The minimum atomic E-state index is -0.544. The van der Waals surface area contributed by atoms with Crippen LogP contribution in [-0.2, 0) is 4.79 Å². The number of amides is 1. The molecule has 0 aliphatic carbocycles. The molecule has 0 aliphatic heterocycles. The van der Waals surface area contributed by atoms with Crippen molar-refractivity contribution in [1.82, 2.24) is 4.90 Å². The van der Waals surface area contributed by atoms with Crippen LogP contribution in [0.1, 0.15) is 13.8 Å². The third kappa shape index (κ3) is 3.62. The molecule has 1 aromatic rings. The van der Waals surface area contributed by atoms with Crippen LogP contribution in [0.25, 0.3) is 0 Å². The van der Waals surface area contributed by atoms with Crippen LogP contribution in [0.2, 0.25) is 0 Å². The lowest BCUT2D eigenvalue weighted by Gasteiger charge is -2.18. The quantitative estimate of drug-likeness (QED) is 0.796. The lowest BCUT2D eigenvalue weighted by atomic mass is 10.3. The average Bonchev–Trinajstić information content (AvgIpc) is 2.32. The molecule has 0 radical (unpaired) electrons. The molecule has 2 N–H and O–H groups in total. The molecular formula is C12H17FN2O2. The molecule has 0 aromatic heterocycles. The van der Waals surface area contributed by atoms with Gasteiger partial charge in [-0.25, -0.2) is 4.39 Å². The van der Waals surface area contributed by atoms with Gasteiger partial charge in [-0.2, -0.15) is 0 Å². The summed E-state index contributed by atoms with van der Waals surface area (Å²) >= 11 is 0. The second-order valence-corrected chi connectivity index (χ2v) is 3.54. The topological polar surface area (TPSA) is 55.6 Å². The first-order valence-electron chi connectivity index (χ1n) is 5.54. The van der Waals surface area contributed by atoms with Gasteiger partial charge in [0.1, 0.15) is 11.6 Å². The summed E-state index contributed by atoms with van der Waals surface area (Å²) in [6, 6.07) is 4.12. The van der Waals surface area contributed by atoms with Crippen molar-refractivity contribution in [2.75, 3.05) is 25.4 Å². The van der Waals surface area contributed by atoms with E-state index in [-0.39, 0.29) is 18.2 Å². The molecule has 0 saturated heterocycles. The number of anilines is 1. The van der Waals surface area contributed by atoms with Gasteiger partial charge in [0.2, 0.25) is 0 Å². The maximum absolute atomic E-state index is 13.1. The molecule has 1 aromatic carbocycles. The molecule has 0 atom stereocenters. The van der Waals surface area contributed by atoms with E-state index in [9.17, 15) is 9.18 Å². The number of nitrogen functional groups attached to an aromatic ring is 1. The zero-order chi connectivity index (χ0) is 12.8. The third-order valence-corrected chi connectivity index (χ3v) is 2.45. The van der Waals surface area contributed by atoms with Crippen LogP contribution in [0, 0.1) is 5.82 Å². The van der Waals surface area contributed by atoms with Gasteiger partial charge in [0.15, 0.2) is 6.61 Å². The second-order valence-electron chi connectivity index (χ2n) is 3.54. The van der Waals surface area contributed by atoms with Gasteiger partial charge in [0.25, 0.3) is 5.91 Å². The molecule has 0 heterocycles. The number of ether oxygens (including phenoxy) is 1. The van der Waals surface area contributed by atoms with E-state index in [1.807, 2.05) is 13.8 Å². The van der Waals surface area contributed by atoms with E-state index in [1.54, 1.807) is 4.90 Å². The van der Waals surface area contributed by atoms with Crippen molar-refractivity contribution in [2.24, 2.45) is 0 Å². The fourth-order valence-electron chi connectivity index (χ4n) is 1.41. The Labute approximate surface area is 100 Å². The Balaban J connectivity index is 2.55. The number of likely N-dealkylation sites (N-methyl/N-ethyl adjacent to an activating group) is 1. The summed E-state index contributed by atoms with van der Waals surface area (Å²) in [6.45, 7) is 4.96. The van der Waals surface area contributed by atoms with Gasteiger partial charge in [-0.05, 0) is 26.0 Å². The summed E-state index contributed by atoms with van der Waals surface area (Å²) in [5, 5.41) is 0. The largest absolute Gasteiger partial charge is 0.484 e. The number of halogens is 1. The highest BCUT2D eigenvalue weighted by Crippen LogP contribution is 2.17. The van der Waals surface area contributed by atoms with Gasteiger partial charge < -0.3 is 15.4 Å². The number of hydrogen-bond donors (Lipinski definition) is 1. The van der Waals surface area contributed by atoms with Crippen LogP contribution in [0.4, 0.5) is 10.1 Å². The molecular weight excluding hydrogens is 223 g/mol. The fraction of sp³-hybridized carbons (Fsp3) is 0.417. The standard InChI is InChI=1S/C12H17FN2O2/c1-3-15(4-2)12(16)8-17-9-5-6-11(14)10(13)7-9/h5-7H,3-4,8,14H2,1-2H3. The van der Waals surface area contributed by atoms with Crippen molar-refractivity contribution in [3.05, 3.63) is 24.0 Å². The van der Waals surface area contributed by atoms with E-state index < -0.39 is 5.82 Å². The highest BCUT2D eigenvalue weighted by molar-refractivity contribution is 5.77. The van der Waals surface area contributed by atoms with Crippen LogP contribution in [0.5, 0.6) is 5.75 Å². The SMILES string of the molecule is CCN(CC)C(=O)COc1ccc(N)c(F)c1. The number of hydrogen-bond acceptors (Lipinski definition) is 3. The molecule has 0 saturated carbocycles. The van der Waals surface area contributed by atoms with Crippen molar-refractivity contribution < 1.29 is 13.9 Å². The lowest BCUT2D eigenvalue weighted by Crippen LogP contribution is -2.34. The molecule has 0 fully saturated rings. The Hall–Kier alpha value is -1.78. The highest BCUT2D eigenvalue weighted by atomic mass is 19.1. The van der Waals surface area contributed by atoms with Gasteiger partial charge >= 0.3 is 0 Å². The number of carbonyl (C=O) groups is 1. The Morgan fingerprint density at radius 1 is 1.41 bits per heavy atom. The summed E-state index contributed by atoms with van der Waals surface area (Å²) in [5.41, 5.74) is 5.39. The van der Waals surface area contributed by atoms with Crippen molar-refractivity contribution in [3.8, 4) is 5.75 Å². The molecule has 4 nitrogen and oxygen atoms in total. The molecule has 17 heavy (non-hydrogen) atoms. The minimum Gasteiger partial charge on any atom is -0.484 e. The van der Waals surface area contributed by atoms with Crippen LogP contribution < -0.4 is 10.5 Å². The maximum Gasteiger partial charge on any atom is 0.260 e. The summed E-state index contributed by atoms with van der Waals surface area (Å²) in [6.07, 6.45) is 0. The fourth-order valence-corrected chi connectivity index (χ4v) is 1.41. The van der Waals surface area contributed by atoms with Crippen molar-refractivity contribution in [1.29, 1.82) is 0 Å². The van der Waals surface area contributed by atoms with Gasteiger partial charge in [-0.15, -0.1) is 0 Å². The Kier molecular flexibility index (Phi) is 4.75. The van der Waals surface area contributed by atoms with Gasteiger partial charge in [-0.3, -0.25) is 4.79 Å². The monoisotopic (exact) mass is 240 g/mol. The van der Waals surface area contributed by atoms with Crippen molar-refractivity contribution in [3.63, 3.8) is 0 Å². The van der Waals surface area contributed by atoms with Crippen molar-refractivity contribution in [2.45, 2.75) is 13.8 Å². The Bertz CT molecular complexity index is 392. The predicted molar refractivity (Wildman–Crippen MR) is 64.2 cm³/mol. The van der Waals surface area contributed by atoms with Crippen LogP contribution >= 0.6 is 0 Å². The molecule has 1 rings (SSSR count). The molecule has 0 bridgehead atoms. The zero-order valence-electron chi connectivity index (χ0n) is 10.1. The lowest BCUT2D eigenvalue weighted by molar-refractivity contribution is -0.132. The number of nitrogens with two attached hydrogens (primary N) is 1. The van der Waals surface area contributed by atoms with Crippen LogP contribution in [0.3, 0.4) is 0 Å². The summed E-state index contributed by atoms with van der Waals surface area (Å²) in [4.78, 5) is 13.3. The molecule has 0 spiro atoms. The number of nitrogens with zero attached hydrogens (tertiary/aromatic N) is 1. The smallest absolute Gasteiger partial charge is 0.260 e. The van der Waals surface area contributed by atoms with Gasteiger partial charge in [0, 0.05) is 19.2 Å². The molecule has 94 valence electrons. The highest BCUT2D eigenvalue weighted by Gasteiger charge is 2.10. The normalized spacial score (nSPS) is 10.1. The zero-order valence-corrected chi connectivity index (χ0v) is 10.1. The summed E-state index contributed by atoms with van der Waals surface area (Å²) in [7, 11) is 0. The first-order valence-corrected chi connectivity index (χ1v) is 5.54. The second kappa shape index (κ2) is 6.08. The first kappa shape index (κ1) is 13.3. The Morgan fingerprint density at radius 2 is 2.06 bits per heavy atom. The van der Waals surface area contributed by atoms with Gasteiger partial charge in [0.05, 0.1) is 5.69 Å². The average molecular weight is 240 g/mol. The maximum atomic E-state index is 13.1. The van der Waals surface area contributed by atoms with E-state index in [0.29, 0.717) is 18.8 Å².